The number of rotatable bonds is 10. The van der Waals surface area contributed by atoms with Crippen molar-refractivity contribution in [1.29, 1.82) is 0 Å². The van der Waals surface area contributed by atoms with Crippen molar-refractivity contribution in [2.75, 3.05) is 53.1 Å². The molecule has 30 heavy (non-hydrogen) atoms. The maximum absolute atomic E-state index is 5.77. The second kappa shape index (κ2) is 15.0. The summed E-state index contributed by atoms with van der Waals surface area (Å²) in [7, 11) is 1.82. The van der Waals surface area contributed by atoms with Crippen LogP contribution in [0.15, 0.2) is 29.3 Å². The second-order valence-electron chi connectivity index (χ2n) is 8.12. The molecule has 0 aliphatic carbocycles. The van der Waals surface area contributed by atoms with Crippen molar-refractivity contribution in [3.05, 3.63) is 35.4 Å². The highest BCUT2D eigenvalue weighted by Crippen LogP contribution is 2.16. The fourth-order valence-corrected chi connectivity index (χ4v) is 3.99. The van der Waals surface area contributed by atoms with E-state index in [1.54, 1.807) is 0 Å². The van der Waals surface area contributed by atoms with Gasteiger partial charge >= 0.3 is 0 Å². The van der Waals surface area contributed by atoms with Gasteiger partial charge in [0, 0.05) is 45.8 Å². The Hall–Kier alpha value is -0.900. The van der Waals surface area contributed by atoms with Crippen LogP contribution in [0, 0.1) is 5.92 Å². The summed E-state index contributed by atoms with van der Waals surface area (Å²) in [6, 6.07) is 8.75. The SMILES string of the molecule is CN=C(NCCCOCC1CCOC1)NCc1ccccc1CN1CCCCC1.I. The molecule has 0 amide bonds. The molecule has 2 fully saturated rings. The quantitative estimate of drug-likeness (QED) is 0.210. The number of likely N-dealkylation sites (tertiary alicyclic amines) is 1. The smallest absolute Gasteiger partial charge is 0.191 e. The molecule has 1 unspecified atom stereocenters. The fourth-order valence-electron chi connectivity index (χ4n) is 3.99. The number of nitrogens with zero attached hydrogens (tertiary/aromatic N) is 2. The van der Waals surface area contributed by atoms with Crippen LogP contribution >= 0.6 is 24.0 Å². The van der Waals surface area contributed by atoms with Crippen LogP contribution in [0.2, 0.25) is 0 Å². The average molecular weight is 530 g/mol. The Bertz CT molecular complexity index is 617. The molecule has 1 aromatic rings. The first-order chi connectivity index (χ1) is 14.3. The third-order valence-corrected chi connectivity index (χ3v) is 5.77. The largest absolute Gasteiger partial charge is 0.381 e. The summed E-state index contributed by atoms with van der Waals surface area (Å²) >= 11 is 0. The van der Waals surface area contributed by atoms with Crippen molar-refractivity contribution >= 4 is 29.9 Å². The van der Waals surface area contributed by atoms with Gasteiger partial charge in [0.15, 0.2) is 5.96 Å². The zero-order valence-corrected chi connectivity index (χ0v) is 20.7. The molecule has 2 aliphatic rings. The van der Waals surface area contributed by atoms with Crippen molar-refractivity contribution < 1.29 is 9.47 Å². The van der Waals surface area contributed by atoms with Gasteiger partial charge in [-0.1, -0.05) is 30.7 Å². The topological polar surface area (TPSA) is 58.1 Å². The Kier molecular flexibility index (Phi) is 12.7. The van der Waals surface area contributed by atoms with E-state index in [9.17, 15) is 0 Å². The second-order valence-corrected chi connectivity index (χ2v) is 8.12. The van der Waals surface area contributed by atoms with E-state index in [4.69, 9.17) is 9.47 Å². The molecule has 170 valence electrons. The molecule has 3 rings (SSSR count). The van der Waals surface area contributed by atoms with Gasteiger partial charge in [-0.15, -0.1) is 24.0 Å². The van der Waals surface area contributed by atoms with Crippen molar-refractivity contribution in [2.45, 2.75) is 45.2 Å². The van der Waals surface area contributed by atoms with Crippen LogP contribution in [0.5, 0.6) is 0 Å². The van der Waals surface area contributed by atoms with Gasteiger partial charge in [0.1, 0.15) is 0 Å². The van der Waals surface area contributed by atoms with Crippen LogP contribution in [-0.2, 0) is 22.6 Å². The molecular weight excluding hydrogens is 491 g/mol. The summed E-state index contributed by atoms with van der Waals surface area (Å²) in [5, 5.41) is 6.85. The van der Waals surface area contributed by atoms with Crippen LogP contribution in [0.3, 0.4) is 0 Å². The molecule has 0 aromatic heterocycles. The summed E-state index contributed by atoms with van der Waals surface area (Å²) in [5.41, 5.74) is 2.77. The summed E-state index contributed by atoms with van der Waals surface area (Å²) < 4.78 is 11.1. The molecular formula is C23H39IN4O2. The highest BCUT2D eigenvalue weighted by atomic mass is 127. The van der Waals surface area contributed by atoms with Crippen LogP contribution in [0.1, 0.15) is 43.2 Å². The van der Waals surface area contributed by atoms with E-state index in [2.05, 4.69) is 44.8 Å². The third kappa shape index (κ3) is 9.08. The molecule has 0 saturated carbocycles. The molecule has 2 N–H and O–H groups in total. The van der Waals surface area contributed by atoms with Crippen LogP contribution in [-0.4, -0.2) is 64.0 Å². The van der Waals surface area contributed by atoms with Gasteiger partial charge in [-0.2, -0.15) is 0 Å². The molecule has 0 radical (unpaired) electrons. The Morgan fingerprint density at radius 1 is 1.17 bits per heavy atom. The van der Waals surface area contributed by atoms with Gasteiger partial charge in [-0.3, -0.25) is 9.89 Å². The van der Waals surface area contributed by atoms with E-state index < -0.39 is 0 Å². The van der Waals surface area contributed by atoms with E-state index in [0.717, 1.165) is 64.9 Å². The maximum Gasteiger partial charge on any atom is 0.191 e. The summed E-state index contributed by atoms with van der Waals surface area (Å²) in [6.45, 7) is 8.49. The van der Waals surface area contributed by atoms with E-state index in [0.29, 0.717) is 5.92 Å². The van der Waals surface area contributed by atoms with E-state index in [1.807, 2.05) is 7.05 Å². The Morgan fingerprint density at radius 3 is 2.70 bits per heavy atom. The minimum Gasteiger partial charge on any atom is -0.381 e. The van der Waals surface area contributed by atoms with Gasteiger partial charge in [0.05, 0.1) is 13.2 Å². The monoisotopic (exact) mass is 530 g/mol. The molecule has 2 heterocycles. The molecule has 2 saturated heterocycles. The molecule has 7 heteroatoms. The predicted octanol–water partition coefficient (Wildman–Crippen LogP) is 3.40. The predicted molar refractivity (Wildman–Crippen MR) is 134 cm³/mol. The number of piperidine rings is 1. The Morgan fingerprint density at radius 2 is 1.97 bits per heavy atom. The number of ether oxygens (including phenoxy) is 2. The lowest BCUT2D eigenvalue weighted by atomic mass is 10.0. The molecule has 6 nitrogen and oxygen atoms in total. The van der Waals surface area contributed by atoms with Gasteiger partial charge in [-0.05, 0) is 49.9 Å². The number of hydrogen-bond acceptors (Lipinski definition) is 4. The Balaban J connectivity index is 0.00000320. The van der Waals surface area contributed by atoms with Gasteiger partial charge < -0.3 is 20.1 Å². The first kappa shape index (κ1) is 25.4. The van der Waals surface area contributed by atoms with Gasteiger partial charge in [0.2, 0.25) is 0 Å². The number of guanidine groups is 1. The summed E-state index contributed by atoms with van der Waals surface area (Å²) in [4.78, 5) is 6.93. The van der Waals surface area contributed by atoms with Crippen molar-refractivity contribution in [1.82, 2.24) is 15.5 Å². The van der Waals surface area contributed by atoms with Crippen molar-refractivity contribution in [3.63, 3.8) is 0 Å². The lowest BCUT2D eigenvalue weighted by Gasteiger charge is -2.27. The standard InChI is InChI=1S/C23H38N4O2.HI/c1-24-23(25-11-7-14-28-18-20-10-15-29-19-20)26-16-21-8-3-4-9-22(21)17-27-12-5-2-6-13-27;/h3-4,8-9,20H,2,5-7,10-19H2,1H3,(H2,24,25,26);1H. The average Bonchev–Trinajstić information content (AvgIpc) is 3.28. The number of aliphatic imine (C=N–C) groups is 1. The maximum atomic E-state index is 5.77. The van der Waals surface area contributed by atoms with Crippen molar-refractivity contribution in [3.8, 4) is 0 Å². The minimum absolute atomic E-state index is 0. The summed E-state index contributed by atoms with van der Waals surface area (Å²) in [5.74, 6) is 1.43. The van der Waals surface area contributed by atoms with E-state index in [-0.39, 0.29) is 24.0 Å². The van der Waals surface area contributed by atoms with Crippen molar-refractivity contribution in [2.24, 2.45) is 10.9 Å². The molecule has 1 atom stereocenters. The molecule has 0 spiro atoms. The first-order valence-corrected chi connectivity index (χ1v) is 11.2. The number of nitrogens with one attached hydrogen (secondary N) is 2. The molecule has 0 bridgehead atoms. The normalized spacial score (nSPS) is 20.0. The first-order valence-electron chi connectivity index (χ1n) is 11.2. The number of benzene rings is 1. The van der Waals surface area contributed by atoms with Gasteiger partial charge in [0.25, 0.3) is 0 Å². The van der Waals surface area contributed by atoms with Crippen LogP contribution in [0.25, 0.3) is 0 Å². The number of hydrogen-bond donors (Lipinski definition) is 2. The lowest BCUT2D eigenvalue weighted by molar-refractivity contribution is 0.0888. The minimum atomic E-state index is 0. The van der Waals surface area contributed by atoms with E-state index in [1.165, 1.54) is 43.5 Å². The third-order valence-electron chi connectivity index (χ3n) is 5.77. The van der Waals surface area contributed by atoms with E-state index >= 15 is 0 Å². The zero-order valence-electron chi connectivity index (χ0n) is 18.4. The zero-order chi connectivity index (χ0) is 20.2. The fraction of sp³-hybridized carbons (Fsp3) is 0.696. The number of halogens is 1. The highest BCUT2D eigenvalue weighted by Gasteiger charge is 2.15. The lowest BCUT2D eigenvalue weighted by Crippen LogP contribution is -2.38. The molecule has 1 aromatic carbocycles. The summed E-state index contributed by atoms with van der Waals surface area (Å²) in [6.07, 6.45) is 6.14. The Labute approximate surface area is 199 Å². The molecule has 2 aliphatic heterocycles. The van der Waals surface area contributed by atoms with Gasteiger partial charge in [-0.25, -0.2) is 0 Å². The highest BCUT2D eigenvalue weighted by molar-refractivity contribution is 14.0. The van der Waals surface area contributed by atoms with Crippen LogP contribution in [0.4, 0.5) is 0 Å². The van der Waals surface area contributed by atoms with Crippen LogP contribution < -0.4 is 10.6 Å².